The van der Waals surface area contributed by atoms with Crippen LogP contribution in [-0.2, 0) is 4.79 Å². The predicted molar refractivity (Wildman–Crippen MR) is 114 cm³/mol. The number of benzene rings is 2. The van der Waals surface area contributed by atoms with E-state index in [4.69, 9.17) is 4.74 Å². The number of ether oxygens (including phenoxy) is 1. The van der Waals surface area contributed by atoms with Crippen LogP contribution in [0.15, 0.2) is 72.3 Å². The van der Waals surface area contributed by atoms with Crippen molar-refractivity contribution in [1.29, 1.82) is 0 Å². The second kappa shape index (κ2) is 11.2. The molecule has 2 heteroatoms. The molecule has 2 aromatic carbocycles. The average Bonchev–Trinajstić information content (AvgIpc) is 2.68. The fraction of sp³-hybridized carbons (Fsp3) is 0.320. The van der Waals surface area contributed by atoms with Crippen LogP contribution in [0.2, 0.25) is 0 Å². The van der Waals surface area contributed by atoms with Gasteiger partial charge in [0, 0.05) is 6.08 Å². The summed E-state index contributed by atoms with van der Waals surface area (Å²) in [6.07, 6.45) is 10.2. The van der Waals surface area contributed by atoms with Crippen molar-refractivity contribution in [2.75, 3.05) is 0 Å². The van der Waals surface area contributed by atoms with Crippen molar-refractivity contribution < 1.29 is 9.53 Å². The summed E-state index contributed by atoms with van der Waals surface area (Å²) in [6, 6.07) is 17.6. The molecule has 0 N–H and O–H groups in total. The Morgan fingerprint density at radius 1 is 1.07 bits per heavy atom. The average molecular weight is 363 g/mol. The summed E-state index contributed by atoms with van der Waals surface area (Å²) in [5.74, 6) is 0.718. The van der Waals surface area contributed by atoms with Crippen molar-refractivity contribution in [3.8, 4) is 5.75 Å². The van der Waals surface area contributed by atoms with Crippen molar-refractivity contribution in [1.82, 2.24) is 0 Å². The summed E-state index contributed by atoms with van der Waals surface area (Å²) in [7, 11) is 0. The second-order valence-electron chi connectivity index (χ2n) is 6.99. The van der Waals surface area contributed by atoms with Gasteiger partial charge in [0.2, 0.25) is 0 Å². The first-order valence-electron chi connectivity index (χ1n) is 9.79. The molecule has 0 spiro atoms. The van der Waals surface area contributed by atoms with Crippen LogP contribution in [0.3, 0.4) is 0 Å². The van der Waals surface area contributed by atoms with E-state index in [0.29, 0.717) is 11.7 Å². The van der Waals surface area contributed by atoms with Crippen molar-refractivity contribution in [3.05, 3.63) is 83.4 Å². The lowest BCUT2D eigenvalue weighted by molar-refractivity contribution is -0.128. The SMILES string of the molecule is CC/C=C(\C)CCCC(C)c1ccc(OC(=O)/C=C/c2ccccc2)cc1. The molecule has 0 bridgehead atoms. The standard InChI is InChI=1S/C25H30O2/c1-4-9-20(2)10-8-11-21(3)23-15-17-24(18-16-23)27-25(26)19-14-22-12-6-5-7-13-22/h5-7,9,12-19,21H,4,8,10-11H2,1-3H3/b19-14+,20-9+. The Kier molecular flexibility index (Phi) is 8.57. The number of hydrogen-bond donors (Lipinski definition) is 0. The minimum absolute atomic E-state index is 0.363. The first-order valence-corrected chi connectivity index (χ1v) is 9.79. The summed E-state index contributed by atoms with van der Waals surface area (Å²) in [6.45, 7) is 6.64. The number of esters is 1. The molecule has 0 heterocycles. The number of carbonyl (C=O) groups is 1. The Morgan fingerprint density at radius 2 is 1.78 bits per heavy atom. The third kappa shape index (κ3) is 7.65. The molecule has 0 aromatic heterocycles. The Balaban J connectivity index is 1.82. The number of rotatable bonds is 9. The summed E-state index contributed by atoms with van der Waals surface area (Å²) >= 11 is 0. The summed E-state index contributed by atoms with van der Waals surface area (Å²) in [5, 5.41) is 0. The first-order chi connectivity index (χ1) is 13.1. The zero-order valence-corrected chi connectivity index (χ0v) is 16.7. The molecule has 0 aliphatic heterocycles. The van der Waals surface area contributed by atoms with E-state index in [0.717, 1.165) is 18.4 Å². The van der Waals surface area contributed by atoms with Crippen LogP contribution in [0.5, 0.6) is 5.75 Å². The van der Waals surface area contributed by atoms with Crippen LogP contribution >= 0.6 is 0 Å². The molecule has 0 radical (unpaired) electrons. The minimum Gasteiger partial charge on any atom is -0.423 e. The van der Waals surface area contributed by atoms with Gasteiger partial charge in [0.1, 0.15) is 5.75 Å². The van der Waals surface area contributed by atoms with Gasteiger partial charge in [-0.15, -0.1) is 0 Å². The number of hydrogen-bond acceptors (Lipinski definition) is 2. The van der Waals surface area contributed by atoms with Crippen molar-refractivity contribution in [2.24, 2.45) is 0 Å². The van der Waals surface area contributed by atoms with Crippen LogP contribution in [0.1, 0.15) is 63.5 Å². The fourth-order valence-electron chi connectivity index (χ4n) is 3.05. The summed E-state index contributed by atoms with van der Waals surface area (Å²) < 4.78 is 5.38. The first kappa shape index (κ1) is 20.7. The smallest absolute Gasteiger partial charge is 0.336 e. The monoisotopic (exact) mass is 362 g/mol. The van der Waals surface area contributed by atoms with Gasteiger partial charge in [0.25, 0.3) is 0 Å². The van der Waals surface area contributed by atoms with Crippen LogP contribution in [-0.4, -0.2) is 5.97 Å². The van der Waals surface area contributed by atoms with E-state index in [1.54, 1.807) is 6.08 Å². The zero-order valence-electron chi connectivity index (χ0n) is 16.7. The molecule has 2 aromatic rings. The van der Waals surface area contributed by atoms with Gasteiger partial charge in [-0.05, 0) is 67.9 Å². The molecule has 0 saturated carbocycles. The van der Waals surface area contributed by atoms with Crippen LogP contribution in [0.25, 0.3) is 6.08 Å². The van der Waals surface area contributed by atoms with E-state index in [1.165, 1.54) is 30.1 Å². The van der Waals surface area contributed by atoms with E-state index in [2.05, 4.69) is 39.0 Å². The van der Waals surface area contributed by atoms with E-state index in [-0.39, 0.29) is 5.97 Å². The van der Waals surface area contributed by atoms with Gasteiger partial charge in [-0.25, -0.2) is 4.79 Å². The van der Waals surface area contributed by atoms with E-state index in [9.17, 15) is 4.79 Å². The third-order valence-electron chi connectivity index (χ3n) is 4.64. The Morgan fingerprint density at radius 3 is 2.44 bits per heavy atom. The Labute approximate surface area is 163 Å². The molecule has 0 saturated heterocycles. The topological polar surface area (TPSA) is 26.3 Å². The fourth-order valence-corrected chi connectivity index (χ4v) is 3.05. The Bertz CT molecular complexity index is 755. The van der Waals surface area contributed by atoms with Gasteiger partial charge in [0.15, 0.2) is 0 Å². The highest BCUT2D eigenvalue weighted by atomic mass is 16.5. The molecule has 1 unspecified atom stereocenters. The van der Waals surface area contributed by atoms with Crippen molar-refractivity contribution in [2.45, 2.75) is 52.4 Å². The third-order valence-corrected chi connectivity index (χ3v) is 4.64. The van der Waals surface area contributed by atoms with Crippen LogP contribution in [0.4, 0.5) is 0 Å². The molecule has 27 heavy (non-hydrogen) atoms. The highest BCUT2D eigenvalue weighted by Crippen LogP contribution is 2.24. The summed E-state index contributed by atoms with van der Waals surface area (Å²) in [5.41, 5.74) is 3.74. The van der Waals surface area contributed by atoms with Crippen molar-refractivity contribution >= 4 is 12.0 Å². The molecule has 1 atom stereocenters. The van der Waals surface area contributed by atoms with Gasteiger partial charge in [-0.3, -0.25) is 0 Å². The minimum atomic E-state index is -0.363. The normalized spacial score (nSPS) is 12.9. The zero-order chi connectivity index (χ0) is 19.5. The van der Waals surface area contributed by atoms with Gasteiger partial charge in [0.05, 0.1) is 0 Å². The van der Waals surface area contributed by atoms with Gasteiger partial charge < -0.3 is 4.74 Å². The molecule has 2 nitrogen and oxygen atoms in total. The van der Waals surface area contributed by atoms with Crippen LogP contribution < -0.4 is 4.74 Å². The van der Waals surface area contributed by atoms with Crippen LogP contribution in [0, 0.1) is 0 Å². The predicted octanol–water partition coefficient (Wildman–Crippen LogP) is 6.94. The number of allylic oxidation sites excluding steroid dienone is 2. The molecule has 2 rings (SSSR count). The maximum atomic E-state index is 11.9. The van der Waals surface area contributed by atoms with E-state index >= 15 is 0 Å². The number of carbonyl (C=O) groups excluding carboxylic acids is 1. The lowest BCUT2D eigenvalue weighted by Gasteiger charge is -2.12. The maximum absolute atomic E-state index is 11.9. The molecule has 0 fully saturated rings. The molecule has 0 aliphatic rings. The summed E-state index contributed by atoms with van der Waals surface area (Å²) in [4.78, 5) is 11.9. The highest BCUT2D eigenvalue weighted by molar-refractivity contribution is 5.88. The maximum Gasteiger partial charge on any atom is 0.336 e. The largest absolute Gasteiger partial charge is 0.423 e. The van der Waals surface area contributed by atoms with Gasteiger partial charge >= 0.3 is 5.97 Å². The molecular weight excluding hydrogens is 332 g/mol. The second-order valence-corrected chi connectivity index (χ2v) is 6.99. The van der Waals surface area contributed by atoms with E-state index < -0.39 is 0 Å². The lowest BCUT2D eigenvalue weighted by atomic mass is 9.94. The molecular formula is C25H30O2. The molecule has 0 amide bonds. The highest BCUT2D eigenvalue weighted by Gasteiger charge is 2.07. The van der Waals surface area contributed by atoms with Gasteiger partial charge in [-0.1, -0.05) is 68.0 Å². The quantitative estimate of drug-likeness (QED) is 0.209. The van der Waals surface area contributed by atoms with Gasteiger partial charge in [-0.2, -0.15) is 0 Å². The molecule has 142 valence electrons. The lowest BCUT2D eigenvalue weighted by Crippen LogP contribution is -2.04. The molecule has 0 aliphatic carbocycles. The van der Waals surface area contributed by atoms with Crippen molar-refractivity contribution in [3.63, 3.8) is 0 Å². The van der Waals surface area contributed by atoms with E-state index in [1.807, 2.05) is 42.5 Å². The Hall–Kier alpha value is -2.61.